The van der Waals surface area contributed by atoms with Gasteiger partial charge in [-0.3, -0.25) is 0 Å². The molecule has 2 N–H and O–H groups in total. The molecule has 0 amide bonds. The Labute approximate surface area is 243 Å². The second-order valence-corrected chi connectivity index (χ2v) is 10.0. The summed E-state index contributed by atoms with van der Waals surface area (Å²) >= 11 is 5.95. The standard InChI is InChI=1S/C33H27ClN2O5/c1-20-4-3-5-29(21(20)2)39-19-31(37)40-26-14-15-27-30(16-26)41-33(36)28(17-35)32(27)23-8-12-25(13-9-23)38-18-22-6-10-24(34)11-7-22/h3-16,32H,18-19,36H2,1-2H3. The molecule has 0 fully saturated rings. The summed E-state index contributed by atoms with van der Waals surface area (Å²) in [4.78, 5) is 12.5. The predicted molar refractivity (Wildman–Crippen MR) is 155 cm³/mol. The molecule has 1 atom stereocenters. The van der Waals surface area contributed by atoms with E-state index in [0.29, 0.717) is 34.5 Å². The Kier molecular flexibility index (Phi) is 8.14. The predicted octanol–water partition coefficient (Wildman–Crippen LogP) is 6.74. The van der Waals surface area contributed by atoms with Crippen molar-refractivity contribution in [3.8, 4) is 29.1 Å². The molecule has 1 aliphatic heterocycles. The van der Waals surface area contributed by atoms with Gasteiger partial charge in [-0.15, -0.1) is 0 Å². The second-order valence-electron chi connectivity index (χ2n) is 9.57. The molecule has 1 unspecified atom stereocenters. The zero-order valence-electron chi connectivity index (χ0n) is 22.5. The van der Waals surface area contributed by atoms with Crippen LogP contribution in [0.5, 0.6) is 23.0 Å². The Bertz CT molecular complexity index is 1660. The van der Waals surface area contributed by atoms with Crippen LogP contribution in [0.15, 0.2) is 96.4 Å². The molecule has 41 heavy (non-hydrogen) atoms. The Balaban J connectivity index is 1.30. The van der Waals surface area contributed by atoms with E-state index < -0.39 is 11.9 Å². The number of carbonyl (C=O) groups is 1. The van der Waals surface area contributed by atoms with Gasteiger partial charge >= 0.3 is 5.97 Å². The number of halogens is 1. The molecule has 206 valence electrons. The van der Waals surface area contributed by atoms with Crippen molar-refractivity contribution in [3.05, 3.63) is 129 Å². The minimum Gasteiger partial charge on any atom is -0.489 e. The van der Waals surface area contributed by atoms with E-state index in [1.54, 1.807) is 18.2 Å². The van der Waals surface area contributed by atoms with Gasteiger partial charge in [-0.1, -0.05) is 54.1 Å². The monoisotopic (exact) mass is 566 g/mol. The fraction of sp³-hybridized carbons (Fsp3) is 0.152. The largest absolute Gasteiger partial charge is 0.489 e. The van der Waals surface area contributed by atoms with Crippen LogP contribution in [0.1, 0.15) is 33.7 Å². The summed E-state index contributed by atoms with van der Waals surface area (Å²) in [7, 11) is 0. The number of allylic oxidation sites excluding steroid dienone is 1. The van der Waals surface area contributed by atoms with E-state index in [0.717, 1.165) is 27.8 Å². The lowest BCUT2D eigenvalue weighted by Gasteiger charge is -2.26. The van der Waals surface area contributed by atoms with E-state index >= 15 is 0 Å². The van der Waals surface area contributed by atoms with E-state index in [2.05, 4.69) is 6.07 Å². The van der Waals surface area contributed by atoms with Gasteiger partial charge in [0.1, 0.15) is 41.2 Å². The van der Waals surface area contributed by atoms with Crippen molar-refractivity contribution in [1.29, 1.82) is 5.26 Å². The van der Waals surface area contributed by atoms with E-state index in [9.17, 15) is 10.1 Å². The van der Waals surface area contributed by atoms with E-state index in [-0.39, 0.29) is 18.2 Å². The molecule has 0 bridgehead atoms. The summed E-state index contributed by atoms with van der Waals surface area (Å²) < 4.78 is 22.8. The molecule has 0 saturated carbocycles. The number of esters is 1. The van der Waals surface area contributed by atoms with Crippen LogP contribution in [0.25, 0.3) is 0 Å². The van der Waals surface area contributed by atoms with Crippen molar-refractivity contribution in [3.63, 3.8) is 0 Å². The smallest absolute Gasteiger partial charge is 0.349 e. The van der Waals surface area contributed by atoms with Crippen molar-refractivity contribution in [1.82, 2.24) is 0 Å². The highest BCUT2D eigenvalue weighted by Gasteiger charge is 2.31. The third-order valence-electron chi connectivity index (χ3n) is 6.85. The topological polar surface area (TPSA) is 104 Å². The maximum atomic E-state index is 12.5. The summed E-state index contributed by atoms with van der Waals surface area (Å²) in [6, 6.07) is 27.8. The minimum absolute atomic E-state index is 0.00482. The number of carbonyl (C=O) groups excluding carboxylic acids is 1. The molecule has 0 saturated heterocycles. The van der Waals surface area contributed by atoms with Gasteiger partial charge in [0.05, 0.1) is 5.92 Å². The van der Waals surface area contributed by atoms with Crippen LogP contribution in [0, 0.1) is 25.2 Å². The van der Waals surface area contributed by atoms with Crippen molar-refractivity contribution in [2.45, 2.75) is 26.4 Å². The lowest BCUT2D eigenvalue weighted by atomic mass is 9.83. The van der Waals surface area contributed by atoms with E-state index in [1.807, 2.05) is 80.6 Å². The highest BCUT2D eigenvalue weighted by Crippen LogP contribution is 2.43. The van der Waals surface area contributed by atoms with Gasteiger partial charge in [0.2, 0.25) is 5.88 Å². The van der Waals surface area contributed by atoms with Gasteiger partial charge in [0.25, 0.3) is 0 Å². The summed E-state index contributed by atoms with van der Waals surface area (Å²) in [6.45, 7) is 4.05. The normalized spacial score (nSPS) is 14.0. The maximum absolute atomic E-state index is 12.5. The molecule has 4 aromatic carbocycles. The molecule has 8 heteroatoms. The Morgan fingerprint density at radius 3 is 2.44 bits per heavy atom. The second kappa shape index (κ2) is 12.1. The number of nitrogens with two attached hydrogens (primary N) is 1. The number of hydrogen-bond donors (Lipinski definition) is 1. The van der Waals surface area contributed by atoms with Gasteiger partial charge in [0, 0.05) is 16.7 Å². The van der Waals surface area contributed by atoms with E-state index in [4.69, 9.17) is 36.3 Å². The highest BCUT2D eigenvalue weighted by molar-refractivity contribution is 6.30. The first-order chi connectivity index (χ1) is 19.8. The van der Waals surface area contributed by atoms with Crippen LogP contribution in [0.3, 0.4) is 0 Å². The van der Waals surface area contributed by atoms with Gasteiger partial charge in [0.15, 0.2) is 6.61 Å². The van der Waals surface area contributed by atoms with Crippen molar-refractivity contribution in [2.75, 3.05) is 6.61 Å². The highest BCUT2D eigenvalue weighted by atomic mass is 35.5. The first kappa shape index (κ1) is 27.6. The summed E-state index contributed by atoms with van der Waals surface area (Å²) in [6.07, 6.45) is 0. The number of ether oxygens (including phenoxy) is 4. The molecule has 0 aromatic heterocycles. The van der Waals surface area contributed by atoms with Crippen LogP contribution >= 0.6 is 11.6 Å². The lowest BCUT2D eigenvalue weighted by Crippen LogP contribution is -2.21. The molecule has 0 aliphatic carbocycles. The molecule has 0 radical (unpaired) electrons. The molecule has 0 spiro atoms. The average Bonchev–Trinajstić information content (AvgIpc) is 2.97. The summed E-state index contributed by atoms with van der Waals surface area (Å²) in [5.41, 5.74) is 11.0. The number of rotatable bonds is 8. The number of benzene rings is 4. The van der Waals surface area contributed by atoms with Crippen LogP contribution in [-0.4, -0.2) is 12.6 Å². The molecular weight excluding hydrogens is 540 g/mol. The van der Waals surface area contributed by atoms with E-state index in [1.165, 1.54) is 0 Å². The fourth-order valence-electron chi connectivity index (χ4n) is 4.52. The Hall–Kier alpha value is -4.93. The maximum Gasteiger partial charge on any atom is 0.349 e. The van der Waals surface area contributed by atoms with Crippen LogP contribution in [0.4, 0.5) is 0 Å². The fourth-order valence-corrected chi connectivity index (χ4v) is 4.65. The minimum atomic E-state index is -0.561. The van der Waals surface area contributed by atoms with Gasteiger partial charge in [-0.05, 0) is 72.5 Å². The molecule has 1 aliphatic rings. The molecule has 7 nitrogen and oxygen atoms in total. The SMILES string of the molecule is Cc1cccc(OCC(=O)Oc2ccc3c(c2)OC(N)=C(C#N)C3c2ccc(OCc3ccc(Cl)cc3)cc2)c1C. The molecule has 4 aromatic rings. The Morgan fingerprint density at radius 1 is 0.976 bits per heavy atom. The number of hydrogen-bond acceptors (Lipinski definition) is 7. The summed E-state index contributed by atoms with van der Waals surface area (Å²) in [5.74, 6) is 0.945. The zero-order chi connectivity index (χ0) is 28.9. The van der Waals surface area contributed by atoms with Crippen LogP contribution < -0.4 is 24.7 Å². The van der Waals surface area contributed by atoms with Gasteiger partial charge < -0.3 is 24.7 Å². The third kappa shape index (κ3) is 6.29. The van der Waals surface area contributed by atoms with Crippen LogP contribution in [0.2, 0.25) is 5.02 Å². The zero-order valence-corrected chi connectivity index (χ0v) is 23.3. The van der Waals surface area contributed by atoms with Gasteiger partial charge in [-0.2, -0.15) is 5.26 Å². The summed E-state index contributed by atoms with van der Waals surface area (Å²) in [5, 5.41) is 10.6. The molecule has 1 heterocycles. The average molecular weight is 567 g/mol. The van der Waals surface area contributed by atoms with Crippen molar-refractivity contribution < 1.29 is 23.7 Å². The number of nitriles is 1. The number of nitrogens with zero attached hydrogens (tertiary/aromatic N) is 1. The quantitative estimate of drug-likeness (QED) is 0.186. The first-order valence-electron chi connectivity index (χ1n) is 12.9. The third-order valence-corrected chi connectivity index (χ3v) is 7.11. The molecule has 5 rings (SSSR count). The van der Waals surface area contributed by atoms with Crippen LogP contribution in [-0.2, 0) is 11.4 Å². The van der Waals surface area contributed by atoms with Crippen molar-refractivity contribution in [2.24, 2.45) is 5.73 Å². The Morgan fingerprint density at radius 2 is 1.71 bits per heavy atom. The first-order valence-corrected chi connectivity index (χ1v) is 13.3. The number of aryl methyl sites for hydroxylation is 1. The molecular formula is C33H27ClN2O5. The number of fused-ring (bicyclic) bond motifs is 1. The van der Waals surface area contributed by atoms with Gasteiger partial charge in [-0.25, -0.2) is 4.79 Å². The lowest BCUT2D eigenvalue weighted by molar-refractivity contribution is -0.136. The van der Waals surface area contributed by atoms with Crippen molar-refractivity contribution >= 4 is 17.6 Å².